The third-order valence-corrected chi connectivity index (χ3v) is 3.79. The van der Waals surface area contributed by atoms with Gasteiger partial charge in [-0.2, -0.15) is 23.4 Å². The maximum atomic E-state index is 12.9. The fourth-order valence-corrected chi connectivity index (χ4v) is 2.66. The van der Waals surface area contributed by atoms with Crippen LogP contribution in [-0.2, 0) is 6.18 Å². The van der Waals surface area contributed by atoms with Gasteiger partial charge in [-0.1, -0.05) is 12.1 Å². The molecule has 1 aromatic heterocycles. The Morgan fingerprint density at radius 2 is 1.86 bits per heavy atom. The molecule has 5 nitrogen and oxygen atoms in total. The minimum atomic E-state index is -4.51. The molecule has 0 atom stereocenters. The van der Waals surface area contributed by atoms with Crippen LogP contribution in [0.5, 0.6) is 0 Å². The zero-order valence-electron chi connectivity index (χ0n) is 10.2. The standard InChI is InChI=1S/C12H7F3IN5/c13-12(14,15)7-3-1-2-5(8(7)16)9-6(4-17)10(18)21-11(19)20-9/h1-3H,(H4,18,19,20,21). The summed E-state index contributed by atoms with van der Waals surface area (Å²) in [6.45, 7) is 0. The Hall–Kier alpha value is -2.09. The Balaban J connectivity index is 2.78. The van der Waals surface area contributed by atoms with E-state index in [0.717, 1.165) is 6.07 Å². The number of nitriles is 1. The van der Waals surface area contributed by atoms with Crippen molar-refractivity contribution in [2.24, 2.45) is 0 Å². The van der Waals surface area contributed by atoms with Gasteiger partial charge in [0.15, 0.2) is 0 Å². The van der Waals surface area contributed by atoms with Crippen molar-refractivity contribution in [1.29, 1.82) is 5.26 Å². The number of nitrogens with two attached hydrogens (primary N) is 2. The van der Waals surface area contributed by atoms with E-state index in [1.165, 1.54) is 12.1 Å². The van der Waals surface area contributed by atoms with Crippen molar-refractivity contribution in [3.63, 3.8) is 0 Å². The molecule has 0 aliphatic heterocycles. The molecule has 2 aromatic rings. The first kappa shape index (κ1) is 15.3. The fraction of sp³-hybridized carbons (Fsp3) is 0.0833. The molecule has 0 fully saturated rings. The normalized spacial score (nSPS) is 11.2. The van der Waals surface area contributed by atoms with Crippen molar-refractivity contribution < 1.29 is 13.2 Å². The van der Waals surface area contributed by atoms with Crippen molar-refractivity contribution in [2.75, 3.05) is 11.5 Å². The number of aromatic nitrogens is 2. The maximum Gasteiger partial charge on any atom is 0.417 e. The SMILES string of the molecule is N#Cc1c(N)nc(N)nc1-c1cccc(C(F)(F)F)c1I. The van der Waals surface area contributed by atoms with Crippen molar-refractivity contribution >= 4 is 34.4 Å². The van der Waals surface area contributed by atoms with Crippen LogP contribution in [0.4, 0.5) is 24.9 Å². The molecule has 0 saturated heterocycles. The Bertz CT molecular complexity index is 752. The predicted molar refractivity (Wildman–Crippen MR) is 78.7 cm³/mol. The molecule has 0 radical (unpaired) electrons. The van der Waals surface area contributed by atoms with Crippen molar-refractivity contribution in [3.05, 3.63) is 32.9 Å². The minimum absolute atomic E-state index is 0.0157. The molecular weight excluding hydrogens is 398 g/mol. The zero-order chi connectivity index (χ0) is 15.8. The molecule has 0 bridgehead atoms. The lowest BCUT2D eigenvalue weighted by Gasteiger charge is -2.13. The molecule has 0 spiro atoms. The summed E-state index contributed by atoms with van der Waals surface area (Å²) in [4.78, 5) is 7.48. The minimum Gasteiger partial charge on any atom is -0.382 e. The molecule has 0 aliphatic rings. The molecule has 2 rings (SSSR count). The number of halogens is 4. The number of nitrogen functional groups attached to an aromatic ring is 2. The highest BCUT2D eigenvalue weighted by atomic mass is 127. The van der Waals surface area contributed by atoms with Crippen LogP contribution in [0.2, 0.25) is 0 Å². The maximum absolute atomic E-state index is 12.9. The Morgan fingerprint density at radius 1 is 1.19 bits per heavy atom. The Labute approximate surface area is 130 Å². The van der Waals surface area contributed by atoms with Gasteiger partial charge < -0.3 is 11.5 Å². The second-order valence-electron chi connectivity index (χ2n) is 3.97. The smallest absolute Gasteiger partial charge is 0.382 e. The summed E-state index contributed by atoms with van der Waals surface area (Å²) in [6, 6.07) is 5.38. The Kier molecular flexibility index (Phi) is 3.91. The van der Waals surface area contributed by atoms with E-state index >= 15 is 0 Å². The highest BCUT2D eigenvalue weighted by molar-refractivity contribution is 14.1. The van der Waals surface area contributed by atoms with Crippen LogP contribution in [0.3, 0.4) is 0 Å². The lowest BCUT2D eigenvalue weighted by molar-refractivity contribution is -0.138. The monoisotopic (exact) mass is 405 g/mol. The van der Waals surface area contributed by atoms with Crippen LogP contribution >= 0.6 is 22.6 Å². The van der Waals surface area contributed by atoms with Gasteiger partial charge in [-0.25, -0.2) is 4.98 Å². The largest absolute Gasteiger partial charge is 0.417 e. The summed E-state index contributed by atoms with van der Waals surface area (Å²) >= 11 is 1.55. The average molecular weight is 405 g/mol. The van der Waals surface area contributed by atoms with Crippen LogP contribution in [0.25, 0.3) is 11.3 Å². The van der Waals surface area contributed by atoms with Crippen LogP contribution < -0.4 is 11.5 Å². The third-order valence-electron chi connectivity index (χ3n) is 2.63. The summed E-state index contributed by atoms with van der Waals surface area (Å²) in [5, 5.41) is 9.10. The van der Waals surface area contributed by atoms with Gasteiger partial charge in [-0.15, -0.1) is 0 Å². The van der Waals surface area contributed by atoms with E-state index in [1.807, 2.05) is 0 Å². The second-order valence-corrected chi connectivity index (χ2v) is 5.05. The van der Waals surface area contributed by atoms with Crippen LogP contribution in [-0.4, -0.2) is 9.97 Å². The van der Waals surface area contributed by atoms with Crippen LogP contribution in [0, 0.1) is 14.9 Å². The molecule has 21 heavy (non-hydrogen) atoms. The molecule has 0 aliphatic carbocycles. The van der Waals surface area contributed by atoms with E-state index in [1.54, 1.807) is 28.7 Å². The molecule has 108 valence electrons. The zero-order valence-corrected chi connectivity index (χ0v) is 12.4. The Morgan fingerprint density at radius 3 is 2.43 bits per heavy atom. The highest BCUT2D eigenvalue weighted by Gasteiger charge is 2.34. The quantitative estimate of drug-likeness (QED) is 0.711. The summed E-state index contributed by atoms with van der Waals surface area (Å²) in [5.74, 6) is -0.386. The second kappa shape index (κ2) is 5.36. The number of anilines is 2. The lowest BCUT2D eigenvalue weighted by Crippen LogP contribution is -2.10. The number of hydrogen-bond donors (Lipinski definition) is 2. The van der Waals surface area contributed by atoms with Gasteiger partial charge in [-0.3, -0.25) is 0 Å². The highest BCUT2D eigenvalue weighted by Crippen LogP contribution is 2.38. The number of nitrogens with zero attached hydrogens (tertiary/aromatic N) is 3. The summed E-state index contributed by atoms with van der Waals surface area (Å²) in [7, 11) is 0. The molecule has 0 unspecified atom stereocenters. The summed E-state index contributed by atoms with van der Waals surface area (Å²) < 4.78 is 38.7. The topological polar surface area (TPSA) is 102 Å². The summed E-state index contributed by atoms with van der Waals surface area (Å²) in [5.41, 5.74) is 10.2. The molecular formula is C12H7F3IN5. The van der Waals surface area contributed by atoms with E-state index in [0.29, 0.717) is 0 Å². The van der Waals surface area contributed by atoms with E-state index < -0.39 is 11.7 Å². The number of benzene rings is 1. The van der Waals surface area contributed by atoms with Crippen molar-refractivity contribution in [2.45, 2.75) is 6.18 Å². The number of alkyl halides is 3. The first-order valence-corrected chi connectivity index (χ1v) is 6.52. The summed E-state index contributed by atoms with van der Waals surface area (Å²) in [6.07, 6.45) is -4.51. The molecule has 0 amide bonds. The average Bonchev–Trinajstić information content (AvgIpc) is 2.36. The predicted octanol–water partition coefficient (Wildman–Crippen LogP) is 2.80. The van der Waals surface area contributed by atoms with Gasteiger partial charge in [0.05, 0.1) is 11.3 Å². The molecule has 1 heterocycles. The number of rotatable bonds is 1. The first-order valence-electron chi connectivity index (χ1n) is 5.45. The van der Waals surface area contributed by atoms with Crippen molar-refractivity contribution in [3.8, 4) is 17.3 Å². The van der Waals surface area contributed by atoms with E-state index in [9.17, 15) is 13.2 Å². The number of hydrogen-bond acceptors (Lipinski definition) is 5. The molecule has 9 heteroatoms. The van der Waals surface area contributed by atoms with E-state index in [4.69, 9.17) is 16.7 Å². The van der Waals surface area contributed by atoms with Gasteiger partial charge in [0.2, 0.25) is 5.95 Å². The van der Waals surface area contributed by atoms with Gasteiger partial charge in [0.25, 0.3) is 0 Å². The lowest BCUT2D eigenvalue weighted by atomic mass is 10.0. The van der Waals surface area contributed by atoms with Gasteiger partial charge in [0, 0.05) is 9.13 Å². The van der Waals surface area contributed by atoms with Crippen LogP contribution in [0.1, 0.15) is 11.1 Å². The van der Waals surface area contributed by atoms with Gasteiger partial charge in [0.1, 0.15) is 17.5 Å². The van der Waals surface area contributed by atoms with Gasteiger partial charge in [-0.05, 0) is 28.7 Å². The van der Waals surface area contributed by atoms with Crippen molar-refractivity contribution in [1.82, 2.24) is 9.97 Å². The van der Waals surface area contributed by atoms with Gasteiger partial charge >= 0.3 is 6.18 Å². The van der Waals surface area contributed by atoms with E-state index in [-0.39, 0.29) is 32.2 Å². The first-order chi connectivity index (χ1) is 9.75. The van der Waals surface area contributed by atoms with E-state index in [2.05, 4.69) is 9.97 Å². The third kappa shape index (κ3) is 2.85. The molecule has 4 N–H and O–H groups in total. The molecule has 0 saturated carbocycles. The van der Waals surface area contributed by atoms with Crippen LogP contribution in [0.15, 0.2) is 18.2 Å². The fourth-order valence-electron chi connectivity index (χ4n) is 1.73. The molecule has 1 aromatic carbocycles.